The Morgan fingerprint density at radius 1 is 1.33 bits per heavy atom. The predicted molar refractivity (Wildman–Crippen MR) is 92.3 cm³/mol. The fourth-order valence-electron chi connectivity index (χ4n) is 2.20. The number of anilines is 1. The van der Waals surface area contributed by atoms with E-state index in [2.05, 4.69) is 11.9 Å². The number of nitrogens with one attached hydrogen (secondary N) is 1. The van der Waals surface area contributed by atoms with E-state index in [0.29, 0.717) is 23.4 Å². The lowest BCUT2D eigenvalue weighted by molar-refractivity contribution is -0.384. The summed E-state index contributed by atoms with van der Waals surface area (Å²) < 4.78 is 5.51. The monoisotopic (exact) mass is 326 g/mol. The number of amides is 1. The second-order valence-electron chi connectivity index (χ2n) is 5.25. The molecule has 0 atom stereocenters. The van der Waals surface area contributed by atoms with Crippen LogP contribution in [-0.4, -0.2) is 17.4 Å². The first-order valence-electron chi connectivity index (χ1n) is 7.37. The topological polar surface area (TPSA) is 81.5 Å². The molecule has 1 N–H and O–H groups in total. The Kier molecular flexibility index (Phi) is 5.68. The molecule has 0 saturated heterocycles. The van der Waals surface area contributed by atoms with Crippen LogP contribution >= 0.6 is 0 Å². The summed E-state index contributed by atoms with van der Waals surface area (Å²) in [5, 5.41) is 13.6. The third kappa shape index (κ3) is 4.67. The lowest BCUT2D eigenvalue weighted by Crippen LogP contribution is -2.20. The molecule has 0 aliphatic heterocycles. The summed E-state index contributed by atoms with van der Waals surface area (Å²) in [5.74, 6) is 0.128. The van der Waals surface area contributed by atoms with Crippen molar-refractivity contribution in [2.75, 3.05) is 11.9 Å². The molecule has 0 fully saturated rings. The first-order valence-corrected chi connectivity index (χ1v) is 7.37. The first-order chi connectivity index (χ1) is 11.5. The van der Waals surface area contributed by atoms with Gasteiger partial charge in [-0.1, -0.05) is 18.2 Å². The Morgan fingerprint density at radius 3 is 2.79 bits per heavy atom. The molecular weight excluding hydrogens is 308 g/mol. The fourth-order valence-corrected chi connectivity index (χ4v) is 2.20. The Balaban J connectivity index is 2.03. The van der Waals surface area contributed by atoms with Crippen molar-refractivity contribution in [2.24, 2.45) is 0 Å². The molecule has 124 valence electrons. The van der Waals surface area contributed by atoms with Crippen LogP contribution in [0.15, 0.2) is 55.1 Å². The maximum atomic E-state index is 12.0. The SMILES string of the molecule is C=CCc1cc([N+](=O)[O-])ccc1OCC(=O)Nc1cccc(C)c1. The highest BCUT2D eigenvalue weighted by atomic mass is 16.6. The zero-order valence-electron chi connectivity index (χ0n) is 13.3. The highest BCUT2D eigenvalue weighted by Crippen LogP contribution is 2.25. The number of nitrogens with zero attached hydrogens (tertiary/aromatic N) is 1. The summed E-state index contributed by atoms with van der Waals surface area (Å²) in [7, 11) is 0. The van der Waals surface area contributed by atoms with Crippen LogP contribution in [0.5, 0.6) is 5.75 Å². The minimum atomic E-state index is -0.471. The number of carbonyl (C=O) groups excluding carboxylic acids is 1. The lowest BCUT2D eigenvalue weighted by atomic mass is 10.1. The van der Waals surface area contributed by atoms with E-state index in [1.807, 2.05) is 25.1 Å². The molecule has 1 amide bonds. The largest absolute Gasteiger partial charge is 0.483 e. The fraction of sp³-hybridized carbons (Fsp3) is 0.167. The number of benzene rings is 2. The van der Waals surface area contributed by atoms with Crippen LogP contribution in [0.2, 0.25) is 0 Å². The average molecular weight is 326 g/mol. The van der Waals surface area contributed by atoms with Crippen LogP contribution in [0, 0.1) is 17.0 Å². The van der Waals surface area contributed by atoms with Crippen molar-refractivity contribution < 1.29 is 14.5 Å². The van der Waals surface area contributed by atoms with Crippen molar-refractivity contribution in [2.45, 2.75) is 13.3 Å². The third-order valence-corrected chi connectivity index (χ3v) is 3.28. The number of carbonyl (C=O) groups is 1. The molecular formula is C18H18N2O4. The number of ether oxygens (including phenoxy) is 1. The standard InChI is InChI=1S/C18H18N2O4/c1-3-5-14-11-16(20(22)23)8-9-17(14)24-12-18(21)19-15-7-4-6-13(2)10-15/h3-4,6-11H,1,5,12H2,2H3,(H,19,21). The maximum Gasteiger partial charge on any atom is 0.269 e. The predicted octanol–water partition coefficient (Wildman–Crippen LogP) is 3.65. The summed E-state index contributed by atoms with van der Waals surface area (Å²) in [6.45, 7) is 5.38. The second kappa shape index (κ2) is 7.92. The van der Waals surface area contributed by atoms with E-state index in [9.17, 15) is 14.9 Å². The Hall–Kier alpha value is -3.15. The van der Waals surface area contributed by atoms with Gasteiger partial charge in [0.2, 0.25) is 0 Å². The number of nitro benzene ring substituents is 1. The zero-order chi connectivity index (χ0) is 17.5. The van der Waals surface area contributed by atoms with Crippen molar-refractivity contribution in [3.8, 4) is 5.75 Å². The van der Waals surface area contributed by atoms with Gasteiger partial charge in [0.15, 0.2) is 6.61 Å². The van der Waals surface area contributed by atoms with E-state index in [1.54, 1.807) is 12.1 Å². The first kappa shape index (κ1) is 17.2. The molecule has 6 heteroatoms. The van der Waals surface area contributed by atoms with Gasteiger partial charge in [0, 0.05) is 23.4 Å². The van der Waals surface area contributed by atoms with Crippen molar-refractivity contribution in [3.05, 3.63) is 76.4 Å². The molecule has 0 aromatic heterocycles. The van der Waals surface area contributed by atoms with E-state index in [4.69, 9.17) is 4.74 Å². The summed E-state index contributed by atoms with van der Waals surface area (Å²) in [4.78, 5) is 22.3. The number of hydrogen-bond acceptors (Lipinski definition) is 4. The molecule has 2 aromatic carbocycles. The zero-order valence-corrected chi connectivity index (χ0v) is 13.3. The summed E-state index contributed by atoms with van der Waals surface area (Å²) in [5.41, 5.74) is 2.32. The van der Waals surface area contributed by atoms with Crippen molar-refractivity contribution >= 4 is 17.3 Å². The second-order valence-corrected chi connectivity index (χ2v) is 5.25. The van der Waals surface area contributed by atoms with Gasteiger partial charge in [-0.3, -0.25) is 14.9 Å². The van der Waals surface area contributed by atoms with Crippen LogP contribution in [0.3, 0.4) is 0 Å². The molecule has 24 heavy (non-hydrogen) atoms. The minimum absolute atomic E-state index is 0.0246. The molecule has 2 aromatic rings. The molecule has 0 spiro atoms. The number of non-ortho nitro benzene ring substituents is 1. The van der Waals surface area contributed by atoms with Gasteiger partial charge in [-0.15, -0.1) is 6.58 Å². The quantitative estimate of drug-likeness (QED) is 0.478. The lowest BCUT2D eigenvalue weighted by Gasteiger charge is -2.11. The average Bonchev–Trinajstić information content (AvgIpc) is 2.53. The van der Waals surface area contributed by atoms with E-state index in [1.165, 1.54) is 18.2 Å². The normalized spacial score (nSPS) is 10.0. The van der Waals surface area contributed by atoms with Crippen LogP contribution in [0.4, 0.5) is 11.4 Å². The van der Waals surface area contributed by atoms with Crippen LogP contribution < -0.4 is 10.1 Å². The van der Waals surface area contributed by atoms with Gasteiger partial charge >= 0.3 is 0 Å². The Labute approximate surface area is 139 Å². The minimum Gasteiger partial charge on any atom is -0.483 e. The highest BCUT2D eigenvalue weighted by Gasteiger charge is 2.12. The van der Waals surface area contributed by atoms with Crippen LogP contribution in [0.25, 0.3) is 0 Å². The number of aryl methyl sites for hydroxylation is 1. The van der Waals surface area contributed by atoms with Crippen LogP contribution in [0.1, 0.15) is 11.1 Å². The van der Waals surface area contributed by atoms with Gasteiger partial charge < -0.3 is 10.1 Å². The molecule has 6 nitrogen and oxygen atoms in total. The molecule has 0 bridgehead atoms. The van der Waals surface area contributed by atoms with E-state index in [0.717, 1.165) is 5.56 Å². The number of nitro groups is 1. The number of hydrogen-bond donors (Lipinski definition) is 1. The van der Waals surface area contributed by atoms with Crippen molar-refractivity contribution in [1.82, 2.24) is 0 Å². The highest BCUT2D eigenvalue weighted by molar-refractivity contribution is 5.91. The molecule has 0 unspecified atom stereocenters. The summed E-state index contributed by atoms with van der Waals surface area (Å²) in [6, 6.07) is 11.7. The molecule has 0 saturated carbocycles. The smallest absolute Gasteiger partial charge is 0.269 e. The maximum absolute atomic E-state index is 12.0. The van der Waals surface area contributed by atoms with E-state index in [-0.39, 0.29) is 18.2 Å². The molecule has 0 aliphatic rings. The Bertz CT molecular complexity index is 771. The summed E-state index contributed by atoms with van der Waals surface area (Å²) in [6.07, 6.45) is 2.04. The molecule has 0 radical (unpaired) electrons. The van der Waals surface area contributed by atoms with E-state index >= 15 is 0 Å². The molecule has 2 rings (SSSR count). The van der Waals surface area contributed by atoms with E-state index < -0.39 is 4.92 Å². The van der Waals surface area contributed by atoms with Crippen molar-refractivity contribution in [1.29, 1.82) is 0 Å². The number of rotatable bonds is 7. The Morgan fingerprint density at radius 2 is 2.12 bits per heavy atom. The van der Waals surface area contributed by atoms with Gasteiger partial charge in [-0.05, 0) is 37.1 Å². The van der Waals surface area contributed by atoms with Crippen molar-refractivity contribution in [3.63, 3.8) is 0 Å². The van der Waals surface area contributed by atoms with Crippen LogP contribution in [-0.2, 0) is 11.2 Å². The van der Waals surface area contributed by atoms with Gasteiger partial charge in [0.05, 0.1) is 4.92 Å². The number of allylic oxidation sites excluding steroid dienone is 1. The van der Waals surface area contributed by atoms with Gasteiger partial charge in [0.1, 0.15) is 5.75 Å². The van der Waals surface area contributed by atoms with Gasteiger partial charge in [0.25, 0.3) is 11.6 Å². The summed E-state index contributed by atoms with van der Waals surface area (Å²) >= 11 is 0. The van der Waals surface area contributed by atoms with Gasteiger partial charge in [-0.25, -0.2) is 0 Å². The molecule has 0 aliphatic carbocycles. The molecule has 0 heterocycles. The third-order valence-electron chi connectivity index (χ3n) is 3.28. The van der Waals surface area contributed by atoms with Gasteiger partial charge in [-0.2, -0.15) is 0 Å².